The van der Waals surface area contributed by atoms with Crippen LogP contribution in [0, 0.1) is 11.3 Å². The fraction of sp³-hybridized carbons (Fsp3) is 0.417. The molecule has 1 fully saturated rings. The number of nitrogens with zero attached hydrogens (tertiary/aromatic N) is 3. The minimum atomic E-state index is -1.07. The van der Waals surface area contributed by atoms with E-state index in [1.807, 2.05) is 4.90 Å². The number of anilines is 1. The molecule has 1 aliphatic rings. The first-order valence-electron chi connectivity index (χ1n) is 5.66. The number of rotatable bonds is 5. The Morgan fingerprint density at radius 1 is 1.67 bits per heavy atom. The fourth-order valence-electron chi connectivity index (χ4n) is 1.79. The Hall–Kier alpha value is -1.80. The molecule has 0 saturated heterocycles. The molecule has 0 atom stereocenters. The quantitative estimate of drug-likeness (QED) is 0.884. The molecule has 1 saturated carbocycles. The molecule has 1 N–H and O–H groups in total. The molecule has 0 aliphatic heterocycles. The van der Waals surface area contributed by atoms with Crippen LogP contribution < -0.4 is 4.90 Å². The normalized spacial score (nSPS) is 14.0. The van der Waals surface area contributed by atoms with Gasteiger partial charge in [-0.25, -0.2) is 9.78 Å². The number of hydrogen-bond donors (Lipinski definition) is 1. The molecule has 18 heavy (non-hydrogen) atoms. The smallest absolute Gasteiger partial charge is 0.337 e. The summed E-state index contributed by atoms with van der Waals surface area (Å²) < 4.78 is 0. The zero-order valence-electron chi connectivity index (χ0n) is 9.64. The van der Waals surface area contributed by atoms with Crippen LogP contribution in [0.2, 0.25) is 5.02 Å². The lowest BCUT2D eigenvalue weighted by Crippen LogP contribution is -2.27. The summed E-state index contributed by atoms with van der Waals surface area (Å²) in [5.74, 6) is -0.491. The molecule has 1 aliphatic carbocycles. The molecule has 0 spiro atoms. The Morgan fingerprint density at radius 2 is 2.39 bits per heavy atom. The van der Waals surface area contributed by atoms with E-state index in [2.05, 4.69) is 11.1 Å². The van der Waals surface area contributed by atoms with Gasteiger partial charge in [-0.15, -0.1) is 0 Å². The molecule has 0 bridgehead atoms. The minimum Gasteiger partial charge on any atom is -0.478 e. The predicted octanol–water partition coefficient (Wildman–Crippen LogP) is 2.32. The first-order valence-corrected chi connectivity index (χ1v) is 6.03. The summed E-state index contributed by atoms with van der Waals surface area (Å²) in [5.41, 5.74) is 0.0456. The monoisotopic (exact) mass is 265 g/mol. The number of halogens is 1. The van der Waals surface area contributed by atoms with E-state index in [0.717, 1.165) is 12.8 Å². The molecule has 1 aromatic rings. The maximum absolute atomic E-state index is 11.0. The van der Waals surface area contributed by atoms with Crippen LogP contribution in [0.1, 0.15) is 29.6 Å². The second-order valence-electron chi connectivity index (χ2n) is 4.16. The molecule has 0 aromatic carbocycles. The number of carboxylic acids is 1. The van der Waals surface area contributed by atoms with E-state index in [4.69, 9.17) is 22.0 Å². The minimum absolute atomic E-state index is 0.0456. The largest absolute Gasteiger partial charge is 0.478 e. The maximum atomic E-state index is 11.0. The Kier molecular flexibility index (Phi) is 3.68. The summed E-state index contributed by atoms with van der Waals surface area (Å²) in [5, 5.41) is 17.8. The van der Waals surface area contributed by atoms with Gasteiger partial charge in [0.15, 0.2) is 0 Å². The highest BCUT2D eigenvalue weighted by molar-refractivity contribution is 6.33. The SMILES string of the molecule is N#CCCN(c1cc(C(=O)O)c(Cl)cn1)C1CC1. The molecule has 1 aromatic heterocycles. The van der Waals surface area contributed by atoms with E-state index in [1.165, 1.54) is 12.3 Å². The van der Waals surface area contributed by atoms with E-state index >= 15 is 0 Å². The molecule has 2 rings (SSSR count). The zero-order chi connectivity index (χ0) is 13.1. The second-order valence-corrected chi connectivity index (χ2v) is 4.57. The van der Waals surface area contributed by atoms with Crippen molar-refractivity contribution in [2.24, 2.45) is 0 Å². The van der Waals surface area contributed by atoms with Gasteiger partial charge in [0.05, 0.1) is 23.1 Å². The highest BCUT2D eigenvalue weighted by atomic mass is 35.5. The molecule has 0 radical (unpaired) electrons. The number of aromatic carboxylic acids is 1. The lowest BCUT2D eigenvalue weighted by atomic mass is 10.2. The van der Waals surface area contributed by atoms with Gasteiger partial charge >= 0.3 is 5.97 Å². The summed E-state index contributed by atoms with van der Waals surface area (Å²) in [6.45, 7) is 0.564. The third-order valence-electron chi connectivity index (χ3n) is 2.82. The molecule has 5 nitrogen and oxygen atoms in total. The van der Waals surface area contributed by atoms with Crippen LogP contribution >= 0.6 is 11.6 Å². The van der Waals surface area contributed by atoms with Gasteiger partial charge in [-0.05, 0) is 18.9 Å². The predicted molar refractivity (Wildman–Crippen MR) is 66.8 cm³/mol. The van der Waals surface area contributed by atoms with Gasteiger partial charge in [0, 0.05) is 18.8 Å². The molecule has 1 heterocycles. The van der Waals surface area contributed by atoms with Crippen LogP contribution in [0.3, 0.4) is 0 Å². The van der Waals surface area contributed by atoms with Gasteiger partial charge in [-0.3, -0.25) is 0 Å². The number of carbonyl (C=O) groups is 1. The topological polar surface area (TPSA) is 77.2 Å². The third-order valence-corrected chi connectivity index (χ3v) is 3.12. The molecule has 94 valence electrons. The van der Waals surface area contributed by atoms with Crippen molar-refractivity contribution >= 4 is 23.4 Å². The van der Waals surface area contributed by atoms with E-state index in [-0.39, 0.29) is 10.6 Å². The molecular formula is C12H12ClN3O2. The average Bonchev–Trinajstić information content (AvgIpc) is 3.15. The number of aromatic nitrogens is 1. The summed E-state index contributed by atoms with van der Waals surface area (Å²) in [7, 11) is 0. The third kappa shape index (κ3) is 2.71. The maximum Gasteiger partial charge on any atom is 0.337 e. The van der Waals surface area contributed by atoms with Crippen LogP contribution in [0.4, 0.5) is 5.82 Å². The number of nitriles is 1. The zero-order valence-corrected chi connectivity index (χ0v) is 10.4. The van der Waals surface area contributed by atoms with Crippen molar-refractivity contribution in [3.8, 4) is 6.07 Å². The van der Waals surface area contributed by atoms with Gasteiger partial charge in [-0.1, -0.05) is 11.6 Å². The summed E-state index contributed by atoms with van der Waals surface area (Å²) in [6, 6.07) is 3.93. The summed E-state index contributed by atoms with van der Waals surface area (Å²) in [6.07, 6.45) is 3.85. The van der Waals surface area contributed by atoms with Crippen LogP contribution in [0.15, 0.2) is 12.3 Å². The standard InChI is InChI=1S/C12H12ClN3O2/c13-10-7-15-11(6-9(10)12(17)18)16(5-1-4-14)8-2-3-8/h6-8H,1-3,5H2,(H,17,18). The fourth-order valence-corrected chi connectivity index (χ4v) is 1.97. The lowest BCUT2D eigenvalue weighted by molar-refractivity contribution is 0.0697. The van der Waals surface area contributed by atoms with Gasteiger partial charge in [0.1, 0.15) is 5.82 Å². The van der Waals surface area contributed by atoms with Crippen molar-refractivity contribution in [1.29, 1.82) is 5.26 Å². The number of carboxylic acid groups (broad SMARTS) is 1. The first-order chi connectivity index (χ1) is 8.63. The molecule has 0 unspecified atom stereocenters. The van der Waals surface area contributed by atoms with Gasteiger partial charge in [0.2, 0.25) is 0 Å². The van der Waals surface area contributed by atoms with Crippen molar-refractivity contribution in [3.05, 3.63) is 22.8 Å². The Morgan fingerprint density at radius 3 is 2.94 bits per heavy atom. The van der Waals surface area contributed by atoms with Crippen molar-refractivity contribution in [2.45, 2.75) is 25.3 Å². The van der Waals surface area contributed by atoms with Crippen molar-refractivity contribution in [3.63, 3.8) is 0 Å². The Labute approximate surface area is 110 Å². The van der Waals surface area contributed by atoms with Crippen LogP contribution in [0.5, 0.6) is 0 Å². The highest BCUT2D eigenvalue weighted by Gasteiger charge is 2.30. The van der Waals surface area contributed by atoms with Gasteiger partial charge in [-0.2, -0.15) is 5.26 Å². The highest BCUT2D eigenvalue weighted by Crippen LogP contribution is 2.32. The number of pyridine rings is 1. The van der Waals surface area contributed by atoms with Gasteiger partial charge < -0.3 is 10.0 Å². The van der Waals surface area contributed by atoms with E-state index in [9.17, 15) is 4.79 Å². The van der Waals surface area contributed by atoms with Crippen LogP contribution in [-0.2, 0) is 0 Å². The average molecular weight is 266 g/mol. The molecule has 0 amide bonds. The van der Waals surface area contributed by atoms with Crippen molar-refractivity contribution < 1.29 is 9.90 Å². The van der Waals surface area contributed by atoms with E-state index in [1.54, 1.807) is 0 Å². The first kappa shape index (κ1) is 12.7. The van der Waals surface area contributed by atoms with Gasteiger partial charge in [0.25, 0.3) is 0 Å². The number of hydrogen-bond acceptors (Lipinski definition) is 4. The Bertz CT molecular complexity index is 509. The van der Waals surface area contributed by atoms with Crippen molar-refractivity contribution in [2.75, 3.05) is 11.4 Å². The molecule has 6 heteroatoms. The van der Waals surface area contributed by atoms with Crippen molar-refractivity contribution in [1.82, 2.24) is 4.98 Å². The summed E-state index contributed by atoms with van der Waals surface area (Å²) >= 11 is 5.78. The molecular weight excluding hydrogens is 254 g/mol. The van der Waals surface area contributed by atoms with Crippen LogP contribution in [-0.4, -0.2) is 28.6 Å². The van der Waals surface area contributed by atoms with E-state index in [0.29, 0.717) is 24.8 Å². The van der Waals surface area contributed by atoms with E-state index < -0.39 is 5.97 Å². The summed E-state index contributed by atoms with van der Waals surface area (Å²) in [4.78, 5) is 17.1. The lowest BCUT2D eigenvalue weighted by Gasteiger charge is -2.22. The second kappa shape index (κ2) is 5.23. The Balaban J connectivity index is 2.27. The van der Waals surface area contributed by atoms with Crippen LogP contribution in [0.25, 0.3) is 0 Å².